The third kappa shape index (κ3) is 11.4. The zero-order valence-electron chi connectivity index (χ0n) is 22.0. The van der Waals surface area contributed by atoms with E-state index in [0.29, 0.717) is 45.4 Å². The van der Waals surface area contributed by atoms with Gasteiger partial charge in [0.05, 0.1) is 25.9 Å². The Labute approximate surface area is 221 Å². The van der Waals surface area contributed by atoms with E-state index in [4.69, 9.17) is 19.9 Å². The molecular formula is C31H42N2O4. The lowest BCUT2D eigenvalue weighted by Gasteiger charge is -2.15. The highest BCUT2D eigenvalue weighted by Crippen LogP contribution is 2.21. The molecule has 2 unspecified atom stereocenters. The van der Waals surface area contributed by atoms with Crippen molar-refractivity contribution in [3.63, 3.8) is 0 Å². The maximum atomic E-state index is 10.1. The normalized spacial score (nSPS) is 12.7. The molecule has 0 aromatic heterocycles. The minimum Gasteiger partial charge on any atom is -0.494 e. The van der Waals surface area contributed by atoms with E-state index in [1.165, 1.54) is 11.1 Å². The molecule has 0 radical (unpaired) electrons. The van der Waals surface area contributed by atoms with E-state index in [1.807, 2.05) is 54.6 Å². The summed E-state index contributed by atoms with van der Waals surface area (Å²) in [6, 6.07) is 26.5. The summed E-state index contributed by atoms with van der Waals surface area (Å²) < 4.78 is 17.5. The zero-order chi connectivity index (χ0) is 26.1. The number of aliphatic hydroxyl groups excluding tert-OH is 1. The fraction of sp³-hybridized carbons (Fsp3) is 0.419. The fourth-order valence-electron chi connectivity index (χ4n) is 4.01. The van der Waals surface area contributed by atoms with E-state index in [-0.39, 0.29) is 0 Å². The van der Waals surface area contributed by atoms with Crippen LogP contribution in [0.2, 0.25) is 0 Å². The molecule has 0 bridgehead atoms. The van der Waals surface area contributed by atoms with Crippen LogP contribution >= 0.6 is 0 Å². The van der Waals surface area contributed by atoms with Crippen molar-refractivity contribution in [2.45, 2.75) is 51.4 Å². The van der Waals surface area contributed by atoms with E-state index in [1.54, 1.807) is 0 Å². The second-order valence-corrected chi connectivity index (χ2v) is 9.30. The van der Waals surface area contributed by atoms with Crippen molar-refractivity contribution in [3.8, 4) is 11.5 Å². The van der Waals surface area contributed by atoms with Crippen LogP contribution in [0.25, 0.3) is 0 Å². The Morgan fingerprint density at radius 3 is 2.35 bits per heavy atom. The zero-order valence-corrected chi connectivity index (χ0v) is 22.0. The van der Waals surface area contributed by atoms with E-state index in [0.717, 1.165) is 42.9 Å². The van der Waals surface area contributed by atoms with Gasteiger partial charge in [-0.3, -0.25) is 0 Å². The Bertz CT molecular complexity index is 1010. The molecule has 4 N–H and O–H groups in total. The average molecular weight is 507 g/mol. The topological polar surface area (TPSA) is 86.0 Å². The Kier molecular flexibility index (Phi) is 13.0. The molecular weight excluding hydrogens is 464 g/mol. The van der Waals surface area contributed by atoms with Gasteiger partial charge in [-0.2, -0.15) is 0 Å². The maximum Gasteiger partial charge on any atom is 0.119 e. The summed E-state index contributed by atoms with van der Waals surface area (Å²) in [5.41, 5.74) is 8.84. The van der Waals surface area contributed by atoms with E-state index in [9.17, 15) is 5.11 Å². The molecule has 3 aromatic carbocycles. The highest BCUT2D eigenvalue weighted by Gasteiger charge is 2.08. The first-order valence-electron chi connectivity index (χ1n) is 13.3. The summed E-state index contributed by atoms with van der Waals surface area (Å²) in [6.07, 6.45) is 2.96. The first kappa shape index (κ1) is 28.7. The van der Waals surface area contributed by atoms with Gasteiger partial charge in [0.25, 0.3) is 0 Å². The lowest BCUT2D eigenvalue weighted by Crippen LogP contribution is -2.28. The largest absolute Gasteiger partial charge is 0.494 e. The van der Waals surface area contributed by atoms with Gasteiger partial charge in [-0.15, -0.1) is 0 Å². The van der Waals surface area contributed by atoms with Crippen molar-refractivity contribution >= 4 is 0 Å². The Morgan fingerprint density at radius 2 is 1.54 bits per heavy atom. The monoisotopic (exact) mass is 506 g/mol. The van der Waals surface area contributed by atoms with Gasteiger partial charge in [0, 0.05) is 6.04 Å². The molecule has 0 aliphatic carbocycles. The molecule has 0 aliphatic heterocycles. The van der Waals surface area contributed by atoms with Crippen LogP contribution in [-0.2, 0) is 17.8 Å². The summed E-state index contributed by atoms with van der Waals surface area (Å²) in [5, 5.41) is 13.7. The van der Waals surface area contributed by atoms with Gasteiger partial charge in [0.1, 0.15) is 18.1 Å². The predicted octanol–water partition coefficient (Wildman–Crippen LogP) is 5.04. The van der Waals surface area contributed by atoms with Crippen molar-refractivity contribution in [1.29, 1.82) is 0 Å². The summed E-state index contributed by atoms with van der Waals surface area (Å²) in [5.74, 6) is 1.67. The predicted molar refractivity (Wildman–Crippen MR) is 149 cm³/mol. The molecule has 6 heteroatoms. The first-order chi connectivity index (χ1) is 18.1. The van der Waals surface area contributed by atoms with Crippen LogP contribution in [0.3, 0.4) is 0 Å². The smallest absolute Gasteiger partial charge is 0.119 e. The van der Waals surface area contributed by atoms with E-state index in [2.05, 4.69) is 36.5 Å². The number of hydrogen-bond donors (Lipinski definition) is 3. The Morgan fingerprint density at radius 1 is 0.811 bits per heavy atom. The lowest BCUT2D eigenvalue weighted by molar-refractivity contribution is 0.0889. The van der Waals surface area contributed by atoms with Crippen LogP contribution in [0.5, 0.6) is 11.5 Å². The van der Waals surface area contributed by atoms with Gasteiger partial charge in [-0.05, 0) is 86.7 Å². The summed E-state index contributed by atoms with van der Waals surface area (Å²) in [4.78, 5) is 0. The number of benzene rings is 3. The molecule has 6 nitrogen and oxygen atoms in total. The minimum absolute atomic E-state index is 0.358. The first-order valence-corrected chi connectivity index (χ1v) is 13.3. The van der Waals surface area contributed by atoms with Gasteiger partial charge in [0.15, 0.2) is 0 Å². The van der Waals surface area contributed by atoms with Crippen LogP contribution in [0.15, 0.2) is 78.9 Å². The van der Waals surface area contributed by atoms with Crippen molar-refractivity contribution < 1.29 is 19.3 Å². The van der Waals surface area contributed by atoms with Gasteiger partial charge >= 0.3 is 0 Å². The molecule has 0 fully saturated rings. The number of hydrogen-bond acceptors (Lipinski definition) is 6. The molecule has 3 aromatic rings. The molecule has 200 valence electrons. The third-order valence-corrected chi connectivity index (χ3v) is 6.14. The van der Waals surface area contributed by atoms with Crippen LogP contribution in [0, 0.1) is 0 Å². The van der Waals surface area contributed by atoms with Crippen molar-refractivity contribution in [2.24, 2.45) is 5.73 Å². The highest BCUT2D eigenvalue weighted by atomic mass is 16.5. The molecule has 0 saturated heterocycles. The number of nitrogens with one attached hydrogen (secondary N) is 1. The Hall–Kier alpha value is -2.90. The second-order valence-electron chi connectivity index (χ2n) is 9.30. The summed E-state index contributed by atoms with van der Waals surface area (Å²) >= 11 is 0. The number of nitrogens with two attached hydrogens (primary N) is 1. The van der Waals surface area contributed by atoms with Gasteiger partial charge in [0.2, 0.25) is 0 Å². The van der Waals surface area contributed by atoms with Crippen LogP contribution < -0.4 is 20.5 Å². The van der Waals surface area contributed by atoms with Gasteiger partial charge < -0.3 is 30.4 Å². The molecule has 0 amide bonds. The highest BCUT2D eigenvalue weighted by molar-refractivity contribution is 5.30. The lowest BCUT2D eigenvalue weighted by atomic mass is 10.1. The SMILES string of the molecule is CC(CCOc1cccc(C(O)CCN)c1)NCCCc1cccc(OCCOCc2ccccc2)c1. The van der Waals surface area contributed by atoms with Crippen molar-refractivity contribution in [2.75, 3.05) is 32.9 Å². The molecule has 37 heavy (non-hydrogen) atoms. The average Bonchev–Trinajstić information content (AvgIpc) is 2.92. The Balaban J connectivity index is 1.26. The standard InChI is InChI=1S/C31H42N2O4/c1-25(16-19-36-30-14-6-12-28(23-30)31(34)15-17-32)33-18-7-11-26-10-5-13-29(22-26)37-21-20-35-24-27-8-3-2-4-9-27/h2-6,8-10,12-14,22-23,25,31,33-34H,7,11,15-21,24,32H2,1H3. The second kappa shape index (κ2) is 16.8. The van der Waals surface area contributed by atoms with Crippen LogP contribution in [-0.4, -0.2) is 44.1 Å². The fourth-order valence-corrected chi connectivity index (χ4v) is 4.01. The summed E-state index contributed by atoms with van der Waals surface area (Å²) in [7, 11) is 0. The molecule has 0 aliphatic rings. The maximum absolute atomic E-state index is 10.1. The molecule has 0 heterocycles. The van der Waals surface area contributed by atoms with Crippen LogP contribution in [0.4, 0.5) is 0 Å². The van der Waals surface area contributed by atoms with E-state index < -0.39 is 6.10 Å². The quantitative estimate of drug-likeness (QED) is 0.210. The molecule has 0 spiro atoms. The number of aliphatic hydroxyl groups is 1. The van der Waals surface area contributed by atoms with Crippen LogP contribution in [0.1, 0.15) is 49.0 Å². The van der Waals surface area contributed by atoms with Gasteiger partial charge in [-0.25, -0.2) is 0 Å². The van der Waals surface area contributed by atoms with E-state index >= 15 is 0 Å². The van der Waals surface area contributed by atoms with Crippen molar-refractivity contribution in [1.82, 2.24) is 5.32 Å². The number of aryl methyl sites for hydroxylation is 1. The number of ether oxygens (including phenoxy) is 3. The molecule has 3 rings (SSSR count). The van der Waals surface area contributed by atoms with Crippen molar-refractivity contribution in [3.05, 3.63) is 95.6 Å². The minimum atomic E-state index is -0.541. The molecule has 0 saturated carbocycles. The van der Waals surface area contributed by atoms with Gasteiger partial charge in [-0.1, -0.05) is 54.6 Å². The summed E-state index contributed by atoms with van der Waals surface area (Å²) in [6.45, 7) is 5.91. The third-order valence-electron chi connectivity index (χ3n) is 6.14. The number of rotatable bonds is 18. The molecule has 2 atom stereocenters.